The lowest BCUT2D eigenvalue weighted by Gasteiger charge is -2.28. The number of benzene rings is 3. The summed E-state index contributed by atoms with van der Waals surface area (Å²) in [5.41, 5.74) is 3.04. The summed E-state index contributed by atoms with van der Waals surface area (Å²) >= 11 is 0. The molecule has 3 aromatic rings. The minimum atomic E-state index is -0.455. The summed E-state index contributed by atoms with van der Waals surface area (Å²) in [7, 11) is 4.77. The fourth-order valence-electron chi connectivity index (χ4n) is 4.03. The summed E-state index contributed by atoms with van der Waals surface area (Å²) < 4.78 is 16.1. The van der Waals surface area contributed by atoms with Crippen molar-refractivity contribution in [1.29, 1.82) is 0 Å². The van der Waals surface area contributed by atoms with Crippen LogP contribution in [0.4, 0.5) is 0 Å². The molecular weight excluding hydrogens is 406 g/mol. The van der Waals surface area contributed by atoms with Crippen LogP contribution >= 0.6 is 0 Å². The Balaban J connectivity index is 1.78. The van der Waals surface area contributed by atoms with E-state index in [0.29, 0.717) is 22.8 Å². The summed E-state index contributed by atoms with van der Waals surface area (Å²) in [6.07, 6.45) is 0. The van der Waals surface area contributed by atoms with E-state index in [-0.39, 0.29) is 12.3 Å². The molecule has 0 saturated carbocycles. The van der Waals surface area contributed by atoms with Gasteiger partial charge in [-0.05, 0) is 35.4 Å². The topological polar surface area (TPSA) is 68.2 Å². The zero-order valence-electron chi connectivity index (χ0n) is 18.2. The first-order valence-corrected chi connectivity index (χ1v) is 10.2. The molecule has 1 atom stereocenters. The monoisotopic (exact) mass is 431 g/mol. The molecule has 0 aliphatic carbocycles. The van der Waals surface area contributed by atoms with Crippen molar-refractivity contribution < 1.29 is 24.1 Å². The number of hydrogen-bond acceptors (Lipinski definition) is 5. The van der Waals surface area contributed by atoms with Crippen LogP contribution in [0.3, 0.4) is 0 Å². The van der Waals surface area contributed by atoms with Crippen LogP contribution in [0.1, 0.15) is 22.7 Å². The summed E-state index contributed by atoms with van der Waals surface area (Å²) in [4.78, 5) is 14.9. The van der Waals surface area contributed by atoms with Gasteiger partial charge in [0.15, 0.2) is 5.76 Å². The van der Waals surface area contributed by atoms with Gasteiger partial charge in [0.1, 0.15) is 17.2 Å². The van der Waals surface area contributed by atoms with Gasteiger partial charge in [-0.3, -0.25) is 4.79 Å². The average molecular weight is 431 g/mol. The molecule has 1 amide bonds. The molecule has 32 heavy (non-hydrogen) atoms. The van der Waals surface area contributed by atoms with E-state index >= 15 is 0 Å². The van der Waals surface area contributed by atoms with E-state index in [2.05, 4.69) is 0 Å². The Hall–Kier alpha value is -3.93. The zero-order chi connectivity index (χ0) is 22.7. The highest BCUT2D eigenvalue weighted by atomic mass is 16.5. The van der Waals surface area contributed by atoms with Crippen LogP contribution in [0.25, 0.3) is 5.57 Å². The van der Waals surface area contributed by atoms with Gasteiger partial charge in [0.05, 0.1) is 33.9 Å². The average Bonchev–Trinajstić information content (AvgIpc) is 3.09. The zero-order valence-corrected chi connectivity index (χ0v) is 18.2. The number of rotatable bonds is 7. The third-order valence-corrected chi connectivity index (χ3v) is 5.65. The minimum absolute atomic E-state index is 0.253. The number of aliphatic hydroxyl groups is 1. The second kappa shape index (κ2) is 9.06. The maximum absolute atomic E-state index is 13.3. The van der Waals surface area contributed by atoms with Crippen LogP contribution in [-0.2, 0) is 11.3 Å². The molecule has 3 aromatic carbocycles. The predicted octanol–water partition coefficient (Wildman–Crippen LogP) is 4.77. The van der Waals surface area contributed by atoms with Crippen molar-refractivity contribution in [3.05, 3.63) is 95.2 Å². The molecule has 1 N–H and O–H groups in total. The van der Waals surface area contributed by atoms with Crippen molar-refractivity contribution in [3.8, 4) is 17.2 Å². The lowest BCUT2D eigenvalue weighted by Crippen LogP contribution is -2.30. The van der Waals surface area contributed by atoms with Crippen LogP contribution in [0.2, 0.25) is 0 Å². The summed E-state index contributed by atoms with van der Waals surface area (Å²) in [6.45, 7) is 0.259. The third-order valence-electron chi connectivity index (χ3n) is 5.65. The molecule has 0 fully saturated rings. The molecule has 6 nitrogen and oxygen atoms in total. The van der Waals surface area contributed by atoms with Gasteiger partial charge in [-0.25, -0.2) is 0 Å². The Kier molecular flexibility index (Phi) is 6.03. The Morgan fingerprint density at radius 1 is 0.844 bits per heavy atom. The lowest BCUT2D eigenvalue weighted by molar-refractivity contribution is -0.130. The first kappa shape index (κ1) is 21.3. The molecule has 1 aliphatic heterocycles. The molecule has 1 heterocycles. The lowest BCUT2D eigenvalue weighted by atomic mass is 9.93. The molecule has 1 aliphatic rings. The van der Waals surface area contributed by atoms with Crippen LogP contribution in [-0.4, -0.2) is 37.2 Å². The van der Waals surface area contributed by atoms with E-state index in [1.807, 2.05) is 66.7 Å². The second-order valence-corrected chi connectivity index (χ2v) is 7.41. The molecule has 0 saturated heterocycles. The molecule has 6 heteroatoms. The second-order valence-electron chi connectivity index (χ2n) is 7.41. The molecule has 164 valence electrons. The van der Waals surface area contributed by atoms with Crippen LogP contribution in [0, 0.1) is 0 Å². The van der Waals surface area contributed by atoms with Gasteiger partial charge in [0.2, 0.25) is 0 Å². The fraction of sp³-hybridized carbons (Fsp3) is 0.192. The smallest absolute Gasteiger partial charge is 0.290 e. The number of nitrogens with zero attached hydrogens (tertiary/aromatic N) is 1. The summed E-state index contributed by atoms with van der Waals surface area (Å²) in [6, 6.07) is 22.0. The Bertz CT molecular complexity index is 1140. The minimum Gasteiger partial charge on any atom is -0.503 e. The molecule has 0 aromatic heterocycles. The summed E-state index contributed by atoms with van der Waals surface area (Å²) in [5, 5.41) is 10.9. The van der Waals surface area contributed by atoms with Crippen molar-refractivity contribution in [2.75, 3.05) is 21.3 Å². The number of hydrogen-bond donors (Lipinski definition) is 1. The Morgan fingerprint density at radius 2 is 1.50 bits per heavy atom. The number of carbonyl (C=O) groups is 1. The van der Waals surface area contributed by atoms with Gasteiger partial charge in [0.25, 0.3) is 5.91 Å². The van der Waals surface area contributed by atoms with Crippen molar-refractivity contribution >= 4 is 11.5 Å². The molecular formula is C26H25NO5. The fourth-order valence-corrected chi connectivity index (χ4v) is 4.03. The SMILES string of the molecule is COc1ccc(C2=C(O)C(=O)N(Cc3ccc(OC)cc3OC)[C@H]2c2ccccc2)cc1. The van der Waals surface area contributed by atoms with Crippen molar-refractivity contribution in [1.82, 2.24) is 4.90 Å². The predicted molar refractivity (Wildman–Crippen MR) is 122 cm³/mol. The van der Waals surface area contributed by atoms with Crippen LogP contribution in [0.15, 0.2) is 78.6 Å². The van der Waals surface area contributed by atoms with E-state index in [1.165, 1.54) is 0 Å². The van der Waals surface area contributed by atoms with Gasteiger partial charge in [0, 0.05) is 17.2 Å². The maximum Gasteiger partial charge on any atom is 0.290 e. The molecule has 0 bridgehead atoms. The number of amides is 1. The van der Waals surface area contributed by atoms with Crippen molar-refractivity contribution in [2.24, 2.45) is 0 Å². The number of methoxy groups -OCH3 is 3. The normalized spacial score (nSPS) is 15.8. The number of carbonyl (C=O) groups excluding carboxylic acids is 1. The van der Waals surface area contributed by atoms with E-state index in [9.17, 15) is 9.90 Å². The number of aliphatic hydroxyl groups excluding tert-OH is 1. The van der Waals surface area contributed by atoms with E-state index in [1.54, 1.807) is 32.3 Å². The van der Waals surface area contributed by atoms with Gasteiger partial charge in [-0.1, -0.05) is 42.5 Å². The largest absolute Gasteiger partial charge is 0.503 e. The maximum atomic E-state index is 13.3. The molecule has 0 unspecified atom stereocenters. The number of ether oxygens (including phenoxy) is 3. The first-order chi connectivity index (χ1) is 15.6. The van der Waals surface area contributed by atoms with Gasteiger partial charge >= 0.3 is 0 Å². The van der Waals surface area contributed by atoms with Gasteiger partial charge in [-0.2, -0.15) is 0 Å². The highest BCUT2D eigenvalue weighted by Crippen LogP contribution is 2.44. The summed E-state index contributed by atoms with van der Waals surface area (Å²) in [5.74, 6) is 1.30. The Morgan fingerprint density at radius 3 is 2.12 bits per heavy atom. The molecule has 4 rings (SSSR count). The molecule has 0 radical (unpaired) electrons. The van der Waals surface area contributed by atoms with E-state index in [4.69, 9.17) is 14.2 Å². The van der Waals surface area contributed by atoms with Gasteiger partial charge in [-0.15, -0.1) is 0 Å². The van der Waals surface area contributed by atoms with E-state index in [0.717, 1.165) is 16.7 Å². The van der Waals surface area contributed by atoms with Gasteiger partial charge < -0.3 is 24.2 Å². The highest BCUT2D eigenvalue weighted by Gasteiger charge is 2.41. The van der Waals surface area contributed by atoms with Crippen molar-refractivity contribution in [2.45, 2.75) is 12.6 Å². The van der Waals surface area contributed by atoms with Crippen molar-refractivity contribution in [3.63, 3.8) is 0 Å². The van der Waals surface area contributed by atoms with E-state index < -0.39 is 11.9 Å². The standard InChI is InChI=1S/C26H25NO5/c1-30-20-12-9-17(10-13-20)23-24(18-7-5-4-6-8-18)27(26(29)25(23)28)16-19-11-14-21(31-2)15-22(19)32-3/h4-15,24,28H,16H2,1-3H3/t24-/m0/s1. The quantitative estimate of drug-likeness (QED) is 0.584. The highest BCUT2D eigenvalue weighted by molar-refractivity contribution is 6.05. The first-order valence-electron chi connectivity index (χ1n) is 10.2. The Labute approximate surface area is 187 Å². The van der Waals surface area contributed by atoms with Crippen LogP contribution < -0.4 is 14.2 Å². The molecule has 0 spiro atoms. The van der Waals surface area contributed by atoms with Crippen LogP contribution in [0.5, 0.6) is 17.2 Å². The third kappa shape index (κ3) is 3.87.